The van der Waals surface area contributed by atoms with E-state index >= 15 is 0 Å². The molecule has 0 aliphatic heterocycles. The van der Waals surface area contributed by atoms with Crippen LogP contribution in [0.4, 0.5) is 10.6 Å². The lowest BCUT2D eigenvalue weighted by Gasteiger charge is -2.22. The standard InChI is InChI=1S/C15H19N5O2S/c1-10(2)20-8-11(7-16)13(19-20)18-14(21)17-9-15(3,22)12-5-4-6-23-12/h4-6,8,10,22H,9H2,1-3H3,(H2,17,18,19,21)/t15-/m1/s1. The number of aromatic nitrogens is 2. The quantitative estimate of drug-likeness (QED) is 0.782. The zero-order valence-corrected chi connectivity index (χ0v) is 14.0. The lowest BCUT2D eigenvalue weighted by Crippen LogP contribution is -2.40. The van der Waals surface area contributed by atoms with Gasteiger partial charge in [0.25, 0.3) is 0 Å². The van der Waals surface area contributed by atoms with Crippen LogP contribution in [-0.4, -0.2) is 27.5 Å². The van der Waals surface area contributed by atoms with Crippen molar-refractivity contribution in [1.29, 1.82) is 5.26 Å². The van der Waals surface area contributed by atoms with E-state index in [4.69, 9.17) is 5.26 Å². The second-order valence-corrected chi connectivity index (χ2v) is 6.58. The third-order valence-corrected chi connectivity index (χ3v) is 4.38. The van der Waals surface area contributed by atoms with E-state index in [1.165, 1.54) is 11.3 Å². The maximum atomic E-state index is 12.0. The predicted octanol–water partition coefficient (Wildman–Crippen LogP) is 2.43. The molecule has 0 aromatic carbocycles. The molecule has 2 aromatic rings. The highest BCUT2D eigenvalue weighted by atomic mass is 32.1. The largest absolute Gasteiger partial charge is 0.383 e. The molecule has 0 aliphatic rings. The molecule has 2 amide bonds. The number of rotatable bonds is 5. The fraction of sp³-hybridized carbons (Fsp3) is 0.400. The first-order valence-corrected chi connectivity index (χ1v) is 8.02. The Labute approximate surface area is 138 Å². The van der Waals surface area contributed by atoms with Crippen molar-refractivity contribution in [3.05, 3.63) is 34.2 Å². The number of hydrogen-bond donors (Lipinski definition) is 3. The fourth-order valence-corrected chi connectivity index (χ4v) is 2.69. The first kappa shape index (κ1) is 17.0. The van der Waals surface area contributed by atoms with Crippen LogP contribution in [0.15, 0.2) is 23.7 Å². The summed E-state index contributed by atoms with van der Waals surface area (Å²) in [7, 11) is 0. The van der Waals surface area contributed by atoms with E-state index in [0.29, 0.717) is 5.56 Å². The third kappa shape index (κ3) is 4.09. The van der Waals surface area contributed by atoms with Crippen LogP contribution in [0.1, 0.15) is 37.3 Å². The first-order chi connectivity index (χ1) is 10.8. The number of carbonyl (C=O) groups excluding carboxylic acids is 1. The van der Waals surface area contributed by atoms with Crippen LogP contribution in [0.2, 0.25) is 0 Å². The molecule has 1 atom stereocenters. The van der Waals surface area contributed by atoms with Crippen molar-refractivity contribution < 1.29 is 9.90 Å². The molecular weight excluding hydrogens is 314 g/mol. The van der Waals surface area contributed by atoms with Crippen molar-refractivity contribution in [1.82, 2.24) is 15.1 Å². The molecule has 122 valence electrons. The number of anilines is 1. The molecule has 0 radical (unpaired) electrons. The summed E-state index contributed by atoms with van der Waals surface area (Å²) in [5, 5.41) is 30.6. The average molecular weight is 333 g/mol. The van der Waals surface area contributed by atoms with Crippen molar-refractivity contribution in [3.63, 3.8) is 0 Å². The van der Waals surface area contributed by atoms with Gasteiger partial charge in [-0.15, -0.1) is 11.3 Å². The summed E-state index contributed by atoms with van der Waals surface area (Å²) in [5.74, 6) is 0.203. The average Bonchev–Trinajstić information content (AvgIpc) is 3.15. The van der Waals surface area contributed by atoms with Gasteiger partial charge >= 0.3 is 6.03 Å². The van der Waals surface area contributed by atoms with Gasteiger partial charge in [-0.3, -0.25) is 10.00 Å². The number of nitrogens with one attached hydrogen (secondary N) is 2. The number of urea groups is 1. The summed E-state index contributed by atoms with van der Waals surface area (Å²) in [4.78, 5) is 12.8. The number of amides is 2. The molecule has 0 aliphatic carbocycles. The number of carbonyl (C=O) groups is 1. The molecule has 7 nitrogen and oxygen atoms in total. The minimum Gasteiger partial charge on any atom is -0.383 e. The van der Waals surface area contributed by atoms with Gasteiger partial charge in [0, 0.05) is 17.1 Å². The van der Waals surface area contributed by atoms with Crippen LogP contribution in [0.3, 0.4) is 0 Å². The Morgan fingerprint density at radius 2 is 2.35 bits per heavy atom. The molecule has 3 N–H and O–H groups in total. The summed E-state index contributed by atoms with van der Waals surface area (Å²) in [6.45, 7) is 5.53. The molecule has 0 saturated heterocycles. The SMILES string of the molecule is CC(C)n1cc(C#N)c(NC(=O)NC[C@@](C)(O)c2cccs2)n1. The van der Waals surface area contributed by atoms with Gasteiger partial charge in [-0.1, -0.05) is 6.07 Å². The minimum atomic E-state index is -1.15. The van der Waals surface area contributed by atoms with Crippen LogP contribution < -0.4 is 10.6 Å². The van der Waals surface area contributed by atoms with E-state index in [0.717, 1.165) is 4.88 Å². The predicted molar refractivity (Wildman–Crippen MR) is 88.2 cm³/mol. The number of thiophene rings is 1. The van der Waals surface area contributed by atoms with Crippen LogP contribution in [-0.2, 0) is 5.60 Å². The van der Waals surface area contributed by atoms with Crippen LogP contribution >= 0.6 is 11.3 Å². The molecule has 0 unspecified atom stereocenters. The fourth-order valence-electron chi connectivity index (χ4n) is 1.91. The number of aliphatic hydroxyl groups is 1. The highest BCUT2D eigenvalue weighted by Gasteiger charge is 2.25. The minimum absolute atomic E-state index is 0.0477. The summed E-state index contributed by atoms with van der Waals surface area (Å²) in [6.07, 6.45) is 1.59. The number of nitrogens with zero attached hydrogens (tertiary/aromatic N) is 3. The Kier molecular flexibility index (Phi) is 5.03. The molecule has 0 spiro atoms. The van der Waals surface area contributed by atoms with Gasteiger partial charge in [-0.05, 0) is 32.2 Å². The maximum Gasteiger partial charge on any atom is 0.320 e. The monoisotopic (exact) mass is 333 g/mol. The maximum absolute atomic E-state index is 12.0. The molecule has 0 bridgehead atoms. The van der Waals surface area contributed by atoms with Crippen LogP contribution in [0, 0.1) is 11.3 Å². The van der Waals surface area contributed by atoms with Crippen LogP contribution in [0.25, 0.3) is 0 Å². The summed E-state index contributed by atoms with van der Waals surface area (Å²) < 4.78 is 1.61. The normalized spacial score (nSPS) is 13.4. The Morgan fingerprint density at radius 1 is 1.61 bits per heavy atom. The molecule has 2 rings (SSSR count). The first-order valence-electron chi connectivity index (χ1n) is 7.14. The number of nitriles is 1. The van der Waals surface area contributed by atoms with Gasteiger partial charge in [0.1, 0.15) is 17.2 Å². The topological polar surface area (TPSA) is 103 Å². The van der Waals surface area contributed by atoms with E-state index in [-0.39, 0.29) is 18.4 Å². The summed E-state index contributed by atoms with van der Waals surface area (Å²) >= 11 is 1.42. The van der Waals surface area contributed by atoms with Gasteiger partial charge in [0.15, 0.2) is 5.82 Å². The van der Waals surface area contributed by atoms with Gasteiger partial charge < -0.3 is 10.4 Å². The summed E-state index contributed by atoms with van der Waals surface area (Å²) in [5.41, 5.74) is -0.861. The molecule has 2 heterocycles. The second-order valence-electron chi connectivity index (χ2n) is 5.64. The Balaban J connectivity index is 1.99. The molecule has 8 heteroatoms. The lowest BCUT2D eigenvalue weighted by molar-refractivity contribution is 0.0637. The third-order valence-electron chi connectivity index (χ3n) is 3.26. The van der Waals surface area contributed by atoms with E-state index in [2.05, 4.69) is 15.7 Å². The summed E-state index contributed by atoms with van der Waals surface area (Å²) in [6, 6.07) is 5.21. The van der Waals surface area contributed by atoms with Crippen molar-refractivity contribution in [3.8, 4) is 6.07 Å². The van der Waals surface area contributed by atoms with Crippen molar-refractivity contribution >= 4 is 23.2 Å². The van der Waals surface area contributed by atoms with E-state index in [1.54, 1.807) is 17.8 Å². The Morgan fingerprint density at radius 3 is 2.91 bits per heavy atom. The second kappa shape index (κ2) is 6.81. The van der Waals surface area contributed by atoms with E-state index in [9.17, 15) is 9.90 Å². The highest BCUT2D eigenvalue weighted by Crippen LogP contribution is 2.24. The molecule has 0 fully saturated rings. The highest BCUT2D eigenvalue weighted by molar-refractivity contribution is 7.10. The molecule has 23 heavy (non-hydrogen) atoms. The van der Waals surface area contributed by atoms with Gasteiger partial charge in [-0.2, -0.15) is 10.4 Å². The molecular formula is C15H19N5O2S. The van der Waals surface area contributed by atoms with Crippen molar-refractivity contribution in [2.24, 2.45) is 0 Å². The van der Waals surface area contributed by atoms with Gasteiger partial charge in [-0.25, -0.2) is 4.79 Å². The zero-order valence-electron chi connectivity index (χ0n) is 13.2. The molecule has 2 aromatic heterocycles. The van der Waals surface area contributed by atoms with E-state index in [1.807, 2.05) is 37.4 Å². The van der Waals surface area contributed by atoms with Crippen LogP contribution in [0.5, 0.6) is 0 Å². The number of hydrogen-bond acceptors (Lipinski definition) is 5. The van der Waals surface area contributed by atoms with Crippen molar-refractivity contribution in [2.75, 3.05) is 11.9 Å². The van der Waals surface area contributed by atoms with Gasteiger partial charge in [0.05, 0.1) is 6.54 Å². The van der Waals surface area contributed by atoms with E-state index < -0.39 is 11.6 Å². The van der Waals surface area contributed by atoms with Crippen molar-refractivity contribution in [2.45, 2.75) is 32.4 Å². The van der Waals surface area contributed by atoms with Gasteiger partial charge in [0.2, 0.25) is 0 Å². The Hall–Kier alpha value is -2.37. The Bertz CT molecular complexity index is 713. The zero-order chi connectivity index (χ0) is 17.0. The smallest absolute Gasteiger partial charge is 0.320 e. The molecule has 0 saturated carbocycles. The lowest BCUT2D eigenvalue weighted by atomic mass is 10.1.